The van der Waals surface area contributed by atoms with Crippen LogP contribution in [-0.4, -0.2) is 32.1 Å². The van der Waals surface area contributed by atoms with Crippen LogP contribution in [0.4, 0.5) is 5.82 Å². The van der Waals surface area contributed by atoms with E-state index in [0.29, 0.717) is 24.2 Å². The summed E-state index contributed by atoms with van der Waals surface area (Å²) >= 11 is 5.78. The van der Waals surface area contributed by atoms with Crippen LogP contribution < -0.4 is 5.32 Å². The zero-order chi connectivity index (χ0) is 14.3. The monoisotopic (exact) mass is 304 g/mol. The smallest absolute Gasteiger partial charge is 0.179 e. The van der Waals surface area contributed by atoms with E-state index in [-0.39, 0.29) is 4.90 Å². The highest BCUT2D eigenvalue weighted by Crippen LogP contribution is 2.19. The minimum atomic E-state index is -3.26. The van der Waals surface area contributed by atoms with Crippen molar-refractivity contribution in [3.8, 4) is 0 Å². The highest BCUT2D eigenvalue weighted by Gasteiger charge is 2.15. The van der Waals surface area contributed by atoms with Crippen molar-refractivity contribution < 1.29 is 8.42 Å². The van der Waals surface area contributed by atoms with E-state index in [2.05, 4.69) is 17.2 Å². The lowest BCUT2D eigenvalue weighted by molar-refractivity contribution is 0.489. The Morgan fingerprint density at radius 1 is 1.42 bits per heavy atom. The minimum absolute atomic E-state index is 0.246. The normalized spacial score (nSPS) is 13.2. The summed E-state index contributed by atoms with van der Waals surface area (Å²) in [5.74, 6) is 1.49. The third-order valence-electron chi connectivity index (χ3n) is 2.94. The summed E-state index contributed by atoms with van der Waals surface area (Å²) in [6.07, 6.45) is 5.86. The van der Waals surface area contributed by atoms with E-state index in [9.17, 15) is 8.42 Å². The predicted octanol–water partition coefficient (Wildman–Crippen LogP) is 2.94. The number of halogens is 1. The Labute approximate surface area is 120 Å². The quantitative estimate of drug-likeness (QED) is 0.750. The molecule has 0 saturated heterocycles. The summed E-state index contributed by atoms with van der Waals surface area (Å²) < 4.78 is 23.3. The molecule has 0 radical (unpaired) electrons. The fourth-order valence-electron chi connectivity index (χ4n) is 1.97. The SMILES string of the molecule is CCCC(CCCl)CNc1ncccc1S(C)(=O)=O. The second kappa shape index (κ2) is 7.70. The molecule has 0 amide bonds. The fraction of sp³-hybridized carbons (Fsp3) is 0.615. The van der Waals surface area contributed by atoms with Crippen molar-refractivity contribution in [1.29, 1.82) is 0 Å². The molecule has 0 saturated carbocycles. The molecule has 0 aliphatic carbocycles. The van der Waals surface area contributed by atoms with Crippen LogP contribution in [0, 0.1) is 5.92 Å². The zero-order valence-electron chi connectivity index (χ0n) is 11.4. The van der Waals surface area contributed by atoms with Crippen LogP contribution in [0.1, 0.15) is 26.2 Å². The van der Waals surface area contributed by atoms with E-state index in [1.54, 1.807) is 18.3 Å². The van der Waals surface area contributed by atoms with Crippen LogP contribution >= 0.6 is 11.6 Å². The number of hydrogen-bond donors (Lipinski definition) is 1. The van der Waals surface area contributed by atoms with Gasteiger partial charge in [-0.3, -0.25) is 0 Å². The molecule has 1 atom stereocenters. The van der Waals surface area contributed by atoms with Crippen molar-refractivity contribution in [3.63, 3.8) is 0 Å². The van der Waals surface area contributed by atoms with E-state index in [1.807, 2.05) is 0 Å². The standard InChI is InChI=1S/C13H21ClN2O2S/c1-3-5-11(7-8-14)10-16-13-12(19(2,17)18)6-4-9-15-13/h4,6,9,11H,3,5,7-8,10H2,1-2H3,(H,15,16). The Morgan fingerprint density at radius 2 is 2.16 bits per heavy atom. The summed E-state index contributed by atoms with van der Waals surface area (Å²) in [5, 5.41) is 3.14. The molecule has 1 rings (SSSR count). The van der Waals surface area contributed by atoms with Gasteiger partial charge in [-0.05, 0) is 30.9 Å². The Hall–Kier alpha value is -0.810. The minimum Gasteiger partial charge on any atom is -0.369 e. The molecule has 108 valence electrons. The number of alkyl halides is 1. The number of nitrogens with one attached hydrogen (secondary N) is 1. The van der Waals surface area contributed by atoms with Gasteiger partial charge in [-0.25, -0.2) is 13.4 Å². The Bertz CT molecular complexity index is 485. The van der Waals surface area contributed by atoms with E-state index in [0.717, 1.165) is 19.3 Å². The Balaban J connectivity index is 2.77. The van der Waals surface area contributed by atoms with E-state index < -0.39 is 9.84 Å². The van der Waals surface area contributed by atoms with Gasteiger partial charge in [0.25, 0.3) is 0 Å². The van der Waals surface area contributed by atoms with Gasteiger partial charge in [0.1, 0.15) is 10.7 Å². The van der Waals surface area contributed by atoms with Gasteiger partial charge < -0.3 is 5.32 Å². The third kappa shape index (κ3) is 5.37. The molecule has 1 N–H and O–H groups in total. The van der Waals surface area contributed by atoms with Crippen molar-refractivity contribution in [1.82, 2.24) is 4.98 Å². The van der Waals surface area contributed by atoms with Gasteiger partial charge in [-0.15, -0.1) is 11.6 Å². The molecule has 0 aromatic carbocycles. The van der Waals surface area contributed by atoms with Crippen LogP contribution in [0.15, 0.2) is 23.2 Å². The molecule has 0 fully saturated rings. The maximum atomic E-state index is 11.6. The molecule has 6 heteroatoms. The second-order valence-electron chi connectivity index (χ2n) is 4.64. The molecule has 1 aromatic rings. The van der Waals surface area contributed by atoms with Crippen LogP contribution in [0.25, 0.3) is 0 Å². The molecule has 0 bridgehead atoms. The van der Waals surface area contributed by atoms with Crippen molar-refractivity contribution >= 4 is 27.3 Å². The zero-order valence-corrected chi connectivity index (χ0v) is 13.0. The molecule has 1 aromatic heterocycles. The van der Waals surface area contributed by atoms with Gasteiger partial charge in [0, 0.05) is 24.9 Å². The van der Waals surface area contributed by atoms with Crippen molar-refractivity contribution in [3.05, 3.63) is 18.3 Å². The predicted molar refractivity (Wildman–Crippen MR) is 79.6 cm³/mol. The van der Waals surface area contributed by atoms with Crippen molar-refractivity contribution in [2.24, 2.45) is 5.92 Å². The van der Waals surface area contributed by atoms with E-state index in [4.69, 9.17) is 11.6 Å². The molecule has 0 aliphatic heterocycles. The van der Waals surface area contributed by atoms with Gasteiger partial charge in [0.15, 0.2) is 9.84 Å². The molecule has 0 spiro atoms. The Morgan fingerprint density at radius 3 is 2.74 bits per heavy atom. The van der Waals surface area contributed by atoms with Crippen LogP contribution in [-0.2, 0) is 9.84 Å². The molecule has 1 heterocycles. The topological polar surface area (TPSA) is 59.1 Å². The first-order valence-corrected chi connectivity index (χ1v) is 8.86. The summed E-state index contributed by atoms with van der Waals surface area (Å²) in [7, 11) is -3.26. The average Bonchev–Trinajstić information content (AvgIpc) is 2.36. The first kappa shape index (κ1) is 16.2. The van der Waals surface area contributed by atoms with Gasteiger partial charge in [0.2, 0.25) is 0 Å². The summed E-state index contributed by atoms with van der Waals surface area (Å²) in [6, 6.07) is 3.20. The molecule has 19 heavy (non-hydrogen) atoms. The van der Waals surface area contributed by atoms with Crippen LogP contribution in [0.5, 0.6) is 0 Å². The van der Waals surface area contributed by atoms with Gasteiger partial charge in [0.05, 0.1) is 0 Å². The van der Waals surface area contributed by atoms with E-state index in [1.165, 1.54) is 6.26 Å². The number of aromatic nitrogens is 1. The van der Waals surface area contributed by atoms with Gasteiger partial charge >= 0.3 is 0 Å². The lowest BCUT2D eigenvalue weighted by atomic mass is 10.0. The number of rotatable bonds is 8. The maximum absolute atomic E-state index is 11.6. The fourth-order valence-corrected chi connectivity index (χ4v) is 3.09. The van der Waals surface area contributed by atoms with Gasteiger partial charge in [-0.2, -0.15) is 0 Å². The summed E-state index contributed by atoms with van der Waals surface area (Å²) in [4.78, 5) is 4.36. The number of anilines is 1. The average molecular weight is 305 g/mol. The largest absolute Gasteiger partial charge is 0.369 e. The summed E-state index contributed by atoms with van der Waals surface area (Å²) in [6.45, 7) is 2.82. The number of nitrogens with zero attached hydrogens (tertiary/aromatic N) is 1. The van der Waals surface area contributed by atoms with Crippen LogP contribution in [0.2, 0.25) is 0 Å². The third-order valence-corrected chi connectivity index (χ3v) is 4.29. The molecular formula is C13H21ClN2O2S. The second-order valence-corrected chi connectivity index (χ2v) is 7.00. The molecular weight excluding hydrogens is 284 g/mol. The Kier molecular flexibility index (Phi) is 6.58. The first-order valence-electron chi connectivity index (χ1n) is 6.44. The number of pyridine rings is 1. The molecule has 1 unspecified atom stereocenters. The lowest BCUT2D eigenvalue weighted by Crippen LogP contribution is -2.17. The highest BCUT2D eigenvalue weighted by atomic mass is 35.5. The first-order chi connectivity index (χ1) is 8.99. The van der Waals surface area contributed by atoms with Crippen molar-refractivity contribution in [2.75, 3.05) is 24.0 Å². The molecule has 4 nitrogen and oxygen atoms in total. The summed E-state index contributed by atoms with van der Waals surface area (Å²) in [5.41, 5.74) is 0. The van der Waals surface area contributed by atoms with Gasteiger partial charge in [-0.1, -0.05) is 13.3 Å². The number of hydrogen-bond acceptors (Lipinski definition) is 4. The van der Waals surface area contributed by atoms with Crippen molar-refractivity contribution in [2.45, 2.75) is 31.1 Å². The maximum Gasteiger partial charge on any atom is 0.179 e. The lowest BCUT2D eigenvalue weighted by Gasteiger charge is -2.17. The molecule has 0 aliphatic rings. The number of sulfone groups is 1. The van der Waals surface area contributed by atoms with Crippen LogP contribution in [0.3, 0.4) is 0 Å². The highest BCUT2D eigenvalue weighted by molar-refractivity contribution is 7.90. The van der Waals surface area contributed by atoms with E-state index >= 15 is 0 Å².